The second-order valence-electron chi connectivity index (χ2n) is 7.31. The number of aromatic nitrogens is 1. The van der Waals surface area contributed by atoms with Crippen LogP contribution < -0.4 is 12.4 Å². The van der Waals surface area contributed by atoms with Crippen LogP contribution in [0.15, 0.2) is 10.5 Å². The van der Waals surface area contributed by atoms with E-state index in [-0.39, 0.29) is 24.1 Å². The minimum atomic E-state index is -0.349. The van der Waals surface area contributed by atoms with E-state index in [1.165, 1.54) is 0 Å². The summed E-state index contributed by atoms with van der Waals surface area (Å²) in [4.78, 5) is 17.2. The lowest BCUT2D eigenvalue weighted by molar-refractivity contribution is -0.0000280. The summed E-state index contributed by atoms with van der Waals surface area (Å²) in [6, 6.07) is 1.87. The van der Waals surface area contributed by atoms with Gasteiger partial charge in [0.2, 0.25) is 0 Å². The number of halogens is 2. The fraction of sp³-hybridized carbons (Fsp3) is 0.550. The molecule has 1 aromatic heterocycles. The lowest BCUT2D eigenvalue weighted by Gasteiger charge is -2.27. The average Bonchev–Trinajstić information content (AvgIpc) is 2.92. The molecule has 9 heteroatoms. The molecule has 0 spiro atoms. The summed E-state index contributed by atoms with van der Waals surface area (Å²) in [7, 11) is 5.84. The third-order valence-corrected chi connectivity index (χ3v) is 5.67. The molecule has 3 rings (SSSR count). The normalized spacial score (nSPS) is 15.0. The fourth-order valence-corrected chi connectivity index (χ4v) is 4.18. The first-order valence-electron chi connectivity index (χ1n) is 9.48. The van der Waals surface area contributed by atoms with Gasteiger partial charge in [-0.3, -0.25) is 4.90 Å². The molecule has 7 nitrogen and oxygen atoms in total. The number of carbonyl (C=O) groups excluding carboxylic acids is 1. The van der Waals surface area contributed by atoms with Gasteiger partial charge in [0, 0.05) is 49.9 Å². The Morgan fingerprint density at radius 1 is 1.34 bits per heavy atom. The predicted molar refractivity (Wildman–Crippen MR) is 112 cm³/mol. The van der Waals surface area contributed by atoms with Gasteiger partial charge in [-0.1, -0.05) is 0 Å². The summed E-state index contributed by atoms with van der Waals surface area (Å²) in [6.45, 7) is 6.27. The van der Waals surface area contributed by atoms with Crippen molar-refractivity contribution >= 4 is 32.8 Å². The number of morpholine rings is 1. The molecule has 0 unspecified atom stereocenters. The summed E-state index contributed by atoms with van der Waals surface area (Å²) in [5.41, 5.74) is 3.06. The number of phenolic OH excluding ortho intramolecular Hbond substituents is 1. The van der Waals surface area contributed by atoms with E-state index < -0.39 is 0 Å². The number of esters is 1. The number of carbonyl (C=O) groups is 1. The summed E-state index contributed by atoms with van der Waals surface area (Å²) >= 11 is 3.47. The van der Waals surface area contributed by atoms with E-state index in [1.54, 1.807) is 6.92 Å². The van der Waals surface area contributed by atoms with Gasteiger partial charge < -0.3 is 36.5 Å². The van der Waals surface area contributed by atoms with Crippen LogP contribution in [-0.4, -0.2) is 72.4 Å². The Labute approximate surface area is 186 Å². The van der Waals surface area contributed by atoms with Crippen LogP contribution in [-0.2, 0) is 29.6 Å². The molecule has 0 aliphatic carbocycles. The first-order chi connectivity index (χ1) is 13.3. The average molecular weight is 490 g/mol. The molecule has 29 heavy (non-hydrogen) atoms. The maximum absolute atomic E-state index is 13.0. The molecule has 0 radical (unpaired) electrons. The summed E-state index contributed by atoms with van der Waals surface area (Å²) in [5, 5.41) is 11.5. The molecule has 2 heterocycles. The molecule has 1 aliphatic rings. The van der Waals surface area contributed by atoms with Gasteiger partial charge in [-0.25, -0.2) is 4.79 Å². The van der Waals surface area contributed by atoms with Gasteiger partial charge in [-0.2, -0.15) is 0 Å². The van der Waals surface area contributed by atoms with Crippen LogP contribution in [0.5, 0.6) is 5.75 Å². The smallest absolute Gasteiger partial charge is 0.340 e. The van der Waals surface area contributed by atoms with Crippen molar-refractivity contribution in [1.82, 2.24) is 14.4 Å². The molecule has 1 N–H and O–H groups in total. The third-order valence-electron chi connectivity index (χ3n) is 5.07. The van der Waals surface area contributed by atoms with Gasteiger partial charge in [-0.15, -0.1) is 0 Å². The van der Waals surface area contributed by atoms with Crippen LogP contribution in [0.2, 0.25) is 0 Å². The number of hydrogen-bond donors (Lipinski definition) is 1. The molecule has 2 aromatic rings. The minimum absolute atomic E-state index is 0. The Hall–Kier alpha value is -1.32. The monoisotopic (exact) mass is 488 g/mol. The molecule has 0 saturated carbocycles. The summed E-state index contributed by atoms with van der Waals surface area (Å²) < 4.78 is 13.5. The number of fused-ring (bicyclic) bond motifs is 1. The van der Waals surface area contributed by atoms with Crippen LogP contribution in [0.4, 0.5) is 0 Å². The van der Waals surface area contributed by atoms with Crippen LogP contribution >= 0.6 is 15.9 Å². The van der Waals surface area contributed by atoms with Gasteiger partial charge >= 0.3 is 5.97 Å². The minimum Gasteiger partial charge on any atom is -1.00 e. The Morgan fingerprint density at radius 3 is 2.59 bits per heavy atom. The second-order valence-corrected chi connectivity index (χ2v) is 8.16. The van der Waals surface area contributed by atoms with E-state index in [0.717, 1.165) is 35.2 Å². The molecule has 0 atom stereocenters. The van der Waals surface area contributed by atoms with Crippen LogP contribution in [0.3, 0.4) is 0 Å². The lowest BCUT2D eigenvalue weighted by atomic mass is 10.0. The molecule has 0 bridgehead atoms. The van der Waals surface area contributed by atoms with Gasteiger partial charge in [0.25, 0.3) is 0 Å². The van der Waals surface area contributed by atoms with E-state index in [1.807, 2.05) is 36.7 Å². The van der Waals surface area contributed by atoms with Crippen molar-refractivity contribution in [3.63, 3.8) is 0 Å². The van der Waals surface area contributed by atoms with Crippen molar-refractivity contribution < 1.29 is 31.8 Å². The molecule has 1 fully saturated rings. The van der Waals surface area contributed by atoms with Crippen LogP contribution in [0.1, 0.15) is 28.5 Å². The number of ether oxygens (including phenoxy) is 2. The van der Waals surface area contributed by atoms with Crippen molar-refractivity contribution in [1.29, 1.82) is 0 Å². The topological polar surface area (TPSA) is 67.2 Å². The largest absolute Gasteiger partial charge is 1.00 e. The van der Waals surface area contributed by atoms with Gasteiger partial charge in [-0.05, 0) is 43.0 Å². The second kappa shape index (κ2) is 10.1. The van der Waals surface area contributed by atoms with Crippen molar-refractivity contribution in [3.8, 4) is 5.75 Å². The van der Waals surface area contributed by atoms with Gasteiger partial charge in [0.15, 0.2) is 0 Å². The van der Waals surface area contributed by atoms with Crippen LogP contribution in [0, 0.1) is 0 Å². The molecular weight excluding hydrogens is 462 g/mol. The highest BCUT2D eigenvalue weighted by Crippen LogP contribution is 2.40. The van der Waals surface area contributed by atoms with E-state index in [4.69, 9.17) is 9.47 Å². The van der Waals surface area contributed by atoms with Crippen molar-refractivity contribution in [2.45, 2.75) is 20.0 Å². The molecule has 162 valence electrons. The molecular formula is C20H28BrClN3O4-. The fourth-order valence-electron chi connectivity index (χ4n) is 3.73. The molecule has 1 aliphatic heterocycles. The van der Waals surface area contributed by atoms with Gasteiger partial charge in [0.1, 0.15) is 5.75 Å². The summed E-state index contributed by atoms with van der Waals surface area (Å²) in [6.07, 6.45) is 0. The SMILES string of the molecule is CCOC(=O)c1c(CN2CCOCC2)n(C)c2cc(Br)c(O)c(CN(C)C)c12.[Cl-]. The Balaban J connectivity index is 0.00000300. The molecule has 1 saturated heterocycles. The lowest BCUT2D eigenvalue weighted by Crippen LogP contribution is -3.00. The Morgan fingerprint density at radius 2 is 2.00 bits per heavy atom. The summed E-state index contributed by atoms with van der Waals surface area (Å²) in [5.74, 6) is -0.187. The van der Waals surface area contributed by atoms with E-state index in [2.05, 4.69) is 20.8 Å². The number of nitrogens with zero attached hydrogens (tertiary/aromatic N) is 3. The predicted octanol–water partition coefficient (Wildman–Crippen LogP) is -0.279. The highest BCUT2D eigenvalue weighted by atomic mass is 79.9. The number of rotatable bonds is 6. The van der Waals surface area contributed by atoms with Crippen molar-refractivity contribution in [2.24, 2.45) is 7.05 Å². The van der Waals surface area contributed by atoms with Crippen molar-refractivity contribution in [3.05, 3.63) is 27.4 Å². The highest BCUT2D eigenvalue weighted by Gasteiger charge is 2.28. The number of aromatic hydroxyl groups is 1. The van der Waals surface area contributed by atoms with E-state index >= 15 is 0 Å². The maximum Gasteiger partial charge on any atom is 0.340 e. The van der Waals surface area contributed by atoms with E-state index in [9.17, 15) is 9.90 Å². The quantitative estimate of drug-likeness (QED) is 0.563. The number of aryl methyl sites for hydroxylation is 1. The first kappa shape index (κ1) is 24.0. The first-order valence-corrected chi connectivity index (χ1v) is 10.3. The Kier molecular flexibility index (Phi) is 8.37. The molecule has 1 aromatic carbocycles. The zero-order valence-corrected chi connectivity index (χ0v) is 19.6. The van der Waals surface area contributed by atoms with Crippen molar-refractivity contribution in [2.75, 3.05) is 47.0 Å². The number of phenols is 1. The van der Waals surface area contributed by atoms with Crippen LogP contribution in [0.25, 0.3) is 10.9 Å². The Bertz CT molecular complexity index is 879. The third kappa shape index (κ3) is 4.88. The maximum atomic E-state index is 13.0. The number of benzene rings is 1. The van der Waals surface area contributed by atoms with E-state index in [0.29, 0.717) is 42.9 Å². The standard InChI is InChI=1S/C20H28BrN3O4.ClH/c1-5-28-20(26)18-16(12-24-6-8-27-9-7-24)23(4)15-10-14(21)19(25)13(17(15)18)11-22(2)3;/h10,25H,5-9,11-12H2,1-4H3;1H/p-1. The number of hydrogen-bond acceptors (Lipinski definition) is 6. The zero-order valence-electron chi connectivity index (χ0n) is 17.3. The molecule has 0 amide bonds. The zero-order chi connectivity index (χ0) is 20.4. The highest BCUT2D eigenvalue weighted by molar-refractivity contribution is 9.10. The van der Waals surface area contributed by atoms with Gasteiger partial charge in [0.05, 0.1) is 35.4 Å².